The number of likely N-dealkylation sites (tertiary alicyclic amines) is 1. The molecule has 2 N–H and O–H groups in total. The first-order valence-corrected chi connectivity index (χ1v) is 10.8. The normalized spacial score (nSPS) is 16.7. The number of ether oxygens (including phenoxy) is 1. The molecule has 0 unspecified atom stereocenters. The summed E-state index contributed by atoms with van der Waals surface area (Å²) in [5, 5.41) is 0. The highest BCUT2D eigenvalue weighted by molar-refractivity contribution is 7.80. The van der Waals surface area contributed by atoms with E-state index in [-0.39, 0.29) is 18.5 Å². The van der Waals surface area contributed by atoms with Crippen molar-refractivity contribution in [2.75, 3.05) is 18.8 Å². The monoisotopic (exact) mass is 427 g/mol. The van der Waals surface area contributed by atoms with E-state index in [4.69, 9.17) is 10.5 Å². The number of hydrogen-bond acceptors (Lipinski definition) is 6. The van der Waals surface area contributed by atoms with Crippen molar-refractivity contribution in [3.8, 4) is 0 Å². The molecule has 160 valence electrons. The highest BCUT2D eigenvalue weighted by Crippen LogP contribution is 2.38. The molecule has 1 aromatic carbocycles. The number of amides is 1. The van der Waals surface area contributed by atoms with Gasteiger partial charge in [-0.05, 0) is 55.0 Å². The van der Waals surface area contributed by atoms with Crippen molar-refractivity contribution >= 4 is 24.5 Å². The summed E-state index contributed by atoms with van der Waals surface area (Å²) in [5.74, 6) is -0.0229. The number of nitrogens with two attached hydrogens (primary N) is 1. The third kappa shape index (κ3) is 5.21. The summed E-state index contributed by atoms with van der Waals surface area (Å²) < 4.78 is 5.74. The van der Waals surface area contributed by atoms with Gasteiger partial charge in [0.05, 0.1) is 11.5 Å². The molecule has 30 heavy (non-hydrogen) atoms. The van der Waals surface area contributed by atoms with Crippen LogP contribution in [0.3, 0.4) is 0 Å². The molecule has 2 heterocycles. The molecule has 1 saturated heterocycles. The van der Waals surface area contributed by atoms with E-state index >= 15 is 0 Å². The van der Waals surface area contributed by atoms with Crippen molar-refractivity contribution in [1.29, 1.82) is 0 Å². The van der Waals surface area contributed by atoms with Gasteiger partial charge in [-0.1, -0.05) is 24.3 Å². The zero-order chi connectivity index (χ0) is 21.6. The summed E-state index contributed by atoms with van der Waals surface area (Å²) >= 11 is 4.13. The van der Waals surface area contributed by atoms with Gasteiger partial charge >= 0.3 is 5.97 Å². The lowest BCUT2D eigenvalue weighted by Crippen LogP contribution is -2.52. The van der Waals surface area contributed by atoms with E-state index in [1.165, 1.54) is 0 Å². The Balaban J connectivity index is 1.76. The van der Waals surface area contributed by atoms with Gasteiger partial charge in [0.15, 0.2) is 0 Å². The molecule has 0 aliphatic carbocycles. The van der Waals surface area contributed by atoms with Crippen LogP contribution in [-0.2, 0) is 27.4 Å². The highest BCUT2D eigenvalue weighted by atomic mass is 32.1. The second-order valence-electron chi connectivity index (χ2n) is 7.93. The Morgan fingerprint density at radius 1 is 1.20 bits per heavy atom. The molecule has 1 fully saturated rings. The SMILES string of the molecule is Cc1ccccc1CC1(C(=O)OCc2ccncc2)CCN(C(=O)[C@@H](N)CS)CC1. The summed E-state index contributed by atoms with van der Waals surface area (Å²) in [4.78, 5) is 31.5. The van der Waals surface area contributed by atoms with Crippen LogP contribution in [0, 0.1) is 12.3 Å². The number of esters is 1. The molecule has 7 heteroatoms. The number of carbonyl (C=O) groups is 2. The number of aryl methyl sites for hydroxylation is 1. The first-order valence-electron chi connectivity index (χ1n) is 10.2. The van der Waals surface area contributed by atoms with E-state index in [1.807, 2.05) is 24.3 Å². The van der Waals surface area contributed by atoms with Gasteiger partial charge in [-0.2, -0.15) is 12.6 Å². The minimum Gasteiger partial charge on any atom is -0.460 e. The summed E-state index contributed by atoms with van der Waals surface area (Å²) in [6.07, 6.45) is 5.04. The molecule has 1 atom stereocenters. The maximum absolute atomic E-state index is 13.3. The molecule has 1 aliphatic heterocycles. The lowest BCUT2D eigenvalue weighted by molar-refractivity contribution is -0.162. The van der Waals surface area contributed by atoms with Gasteiger partial charge in [0.2, 0.25) is 5.91 Å². The summed E-state index contributed by atoms with van der Waals surface area (Å²) in [6, 6.07) is 11.1. The minimum absolute atomic E-state index is 0.111. The van der Waals surface area contributed by atoms with E-state index in [0.29, 0.717) is 38.1 Å². The number of thiol groups is 1. The zero-order valence-electron chi connectivity index (χ0n) is 17.3. The third-order valence-corrected chi connectivity index (χ3v) is 6.28. The Morgan fingerprint density at radius 3 is 2.50 bits per heavy atom. The first-order chi connectivity index (χ1) is 14.4. The molecular weight excluding hydrogens is 398 g/mol. The lowest BCUT2D eigenvalue weighted by atomic mass is 9.73. The Morgan fingerprint density at radius 2 is 1.87 bits per heavy atom. The smallest absolute Gasteiger partial charge is 0.312 e. The molecule has 2 aromatic rings. The van der Waals surface area contributed by atoms with Crippen molar-refractivity contribution in [1.82, 2.24) is 9.88 Å². The van der Waals surface area contributed by atoms with E-state index in [9.17, 15) is 9.59 Å². The Hall–Kier alpha value is -2.38. The van der Waals surface area contributed by atoms with Crippen LogP contribution >= 0.6 is 12.6 Å². The molecule has 0 saturated carbocycles. The number of pyridine rings is 1. The summed E-state index contributed by atoms with van der Waals surface area (Å²) in [7, 11) is 0. The predicted molar refractivity (Wildman–Crippen MR) is 119 cm³/mol. The van der Waals surface area contributed by atoms with Crippen molar-refractivity contribution in [3.63, 3.8) is 0 Å². The van der Waals surface area contributed by atoms with Crippen LogP contribution in [0.4, 0.5) is 0 Å². The highest BCUT2D eigenvalue weighted by Gasteiger charge is 2.44. The first kappa shape index (κ1) is 22.3. The van der Waals surface area contributed by atoms with Gasteiger partial charge in [0.25, 0.3) is 0 Å². The van der Waals surface area contributed by atoms with Crippen LogP contribution in [0.2, 0.25) is 0 Å². The van der Waals surface area contributed by atoms with Gasteiger partial charge in [0, 0.05) is 31.2 Å². The summed E-state index contributed by atoms with van der Waals surface area (Å²) in [6.45, 7) is 3.23. The van der Waals surface area contributed by atoms with Crippen molar-refractivity contribution in [3.05, 3.63) is 65.5 Å². The number of piperidine rings is 1. The molecule has 0 spiro atoms. The number of hydrogen-bond donors (Lipinski definition) is 2. The standard InChI is InChI=1S/C23H29N3O3S/c1-17-4-2-3-5-19(17)14-23(22(28)29-15-18-6-10-25-11-7-18)8-12-26(13-9-23)21(27)20(24)16-30/h2-7,10-11,20,30H,8-9,12-16,24H2,1H3/t20-/m0/s1. The lowest BCUT2D eigenvalue weighted by Gasteiger charge is -2.41. The summed E-state index contributed by atoms with van der Waals surface area (Å²) in [5.41, 5.74) is 8.38. The molecule has 6 nitrogen and oxygen atoms in total. The predicted octanol–water partition coefficient (Wildman–Crippen LogP) is 2.54. The van der Waals surface area contributed by atoms with Gasteiger partial charge < -0.3 is 15.4 Å². The van der Waals surface area contributed by atoms with Crippen LogP contribution in [0.25, 0.3) is 0 Å². The van der Waals surface area contributed by atoms with Crippen LogP contribution in [0.15, 0.2) is 48.8 Å². The minimum atomic E-state index is -0.666. The number of rotatable bonds is 7. The van der Waals surface area contributed by atoms with Gasteiger partial charge in [0.1, 0.15) is 6.61 Å². The van der Waals surface area contributed by atoms with Crippen LogP contribution < -0.4 is 5.73 Å². The quantitative estimate of drug-likeness (QED) is 0.524. The zero-order valence-corrected chi connectivity index (χ0v) is 18.2. The Bertz CT molecular complexity index is 867. The Labute approximate surface area is 183 Å². The fourth-order valence-electron chi connectivity index (χ4n) is 3.87. The maximum Gasteiger partial charge on any atom is 0.312 e. The molecule has 3 rings (SSSR count). The molecular formula is C23H29N3O3S. The topological polar surface area (TPSA) is 85.5 Å². The molecule has 0 bridgehead atoms. The molecule has 1 amide bonds. The Kier molecular flexibility index (Phi) is 7.50. The van der Waals surface area contributed by atoms with Gasteiger partial charge in [-0.25, -0.2) is 0 Å². The number of nitrogens with zero attached hydrogens (tertiary/aromatic N) is 2. The average Bonchev–Trinajstić information content (AvgIpc) is 2.79. The van der Waals surface area contributed by atoms with Gasteiger partial charge in [-0.3, -0.25) is 14.6 Å². The number of benzene rings is 1. The van der Waals surface area contributed by atoms with Crippen LogP contribution in [-0.4, -0.2) is 46.6 Å². The van der Waals surface area contributed by atoms with Crippen LogP contribution in [0.1, 0.15) is 29.5 Å². The third-order valence-electron chi connectivity index (χ3n) is 5.89. The second-order valence-corrected chi connectivity index (χ2v) is 8.29. The maximum atomic E-state index is 13.3. The van der Waals surface area contributed by atoms with E-state index in [1.54, 1.807) is 17.3 Å². The fraction of sp³-hybridized carbons (Fsp3) is 0.435. The van der Waals surface area contributed by atoms with Gasteiger partial charge in [-0.15, -0.1) is 0 Å². The molecule has 0 radical (unpaired) electrons. The average molecular weight is 428 g/mol. The van der Waals surface area contributed by atoms with E-state index in [0.717, 1.165) is 16.7 Å². The number of aromatic nitrogens is 1. The van der Waals surface area contributed by atoms with Crippen molar-refractivity contribution < 1.29 is 14.3 Å². The van der Waals surface area contributed by atoms with Crippen LogP contribution in [0.5, 0.6) is 0 Å². The second kappa shape index (κ2) is 10.1. The number of carbonyl (C=O) groups excluding carboxylic acids is 2. The molecule has 1 aromatic heterocycles. The van der Waals surface area contributed by atoms with E-state index < -0.39 is 11.5 Å². The molecule has 1 aliphatic rings. The van der Waals surface area contributed by atoms with Crippen molar-refractivity contribution in [2.24, 2.45) is 11.1 Å². The largest absolute Gasteiger partial charge is 0.460 e. The van der Waals surface area contributed by atoms with E-state index in [2.05, 4.69) is 36.7 Å². The van der Waals surface area contributed by atoms with Crippen molar-refractivity contribution in [2.45, 2.75) is 38.8 Å². The fourth-order valence-corrected chi connectivity index (χ4v) is 4.03.